The lowest BCUT2D eigenvalue weighted by atomic mass is 9.95. The molecule has 0 saturated carbocycles. The maximum atomic E-state index is 2.59. The first-order chi connectivity index (χ1) is 5.11. The van der Waals surface area contributed by atoms with Crippen molar-refractivity contribution in [2.75, 3.05) is 13.1 Å². The van der Waals surface area contributed by atoms with Crippen molar-refractivity contribution in [3.8, 4) is 0 Å². The molecular formula is C10H21N. The van der Waals surface area contributed by atoms with Gasteiger partial charge in [-0.1, -0.05) is 13.8 Å². The van der Waals surface area contributed by atoms with Gasteiger partial charge in [-0.3, -0.25) is 0 Å². The highest BCUT2D eigenvalue weighted by atomic mass is 15.2. The molecule has 1 fully saturated rings. The minimum absolute atomic E-state index is 0.749. The normalized spacial score (nSPS) is 27.3. The third kappa shape index (κ3) is 2.19. The molecule has 1 nitrogen and oxygen atoms in total. The molecule has 0 aromatic rings. The predicted octanol–water partition coefficient (Wildman–Crippen LogP) is 2.37. The fourth-order valence-corrected chi connectivity index (χ4v) is 1.83. The Bertz CT molecular complexity index is 104. The Labute approximate surface area is 70.8 Å². The van der Waals surface area contributed by atoms with Crippen molar-refractivity contribution in [1.29, 1.82) is 0 Å². The van der Waals surface area contributed by atoms with Gasteiger partial charge in [-0.05, 0) is 38.6 Å². The molecule has 1 rings (SSSR count). The van der Waals surface area contributed by atoms with Crippen molar-refractivity contribution >= 4 is 0 Å². The average molecular weight is 155 g/mol. The van der Waals surface area contributed by atoms with Crippen molar-refractivity contribution in [2.24, 2.45) is 11.8 Å². The van der Waals surface area contributed by atoms with E-state index < -0.39 is 0 Å². The third-order valence-electron chi connectivity index (χ3n) is 2.93. The molecule has 1 saturated heterocycles. The van der Waals surface area contributed by atoms with Gasteiger partial charge in [-0.2, -0.15) is 0 Å². The lowest BCUT2D eigenvalue weighted by Crippen LogP contribution is -2.28. The maximum absolute atomic E-state index is 2.59. The van der Waals surface area contributed by atoms with Gasteiger partial charge in [0.2, 0.25) is 0 Å². The van der Waals surface area contributed by atoms with Gasteiger partial charge in [0.25, 0.3) is 0 Å². The van der Waals surface area contributed by atoms with E-state index in [9.17, 15) is 0 Å². The number of hydrogen-bond acceptors (Lipinski definition) is 1. The number of rotatable bonds is 2. The molecule has 0 aliphatic carbocycles. The minimum Gasteiger partial charge on any atom is -0.301 e. The van der Waals surface area contributed by atoms with Gasteiger partial charge in [-0.15, -0.1) is 0 Å². The highest BCUT2D eigenvalue weighted by Crippen LogP contribution is 2.24. The summed E-state index contributed by atoms with van der Waals surface area (Å²) in [6.45, 7) is 11.9. The zero-order valence-corrected chi connectivity index (χ0v) is 8.30. The summed E-state index contributed by atoms with van der Waals surface area (Å²) in [5, 5.41) is 0. The van der Waals surface area contributed by atoms with E-state index in [0.29, 0.717) is 0 Å². The molecule has 1 heterocycles. The Morgan fingerprint density at radius 1 is 1.18 bits per heavy atom. The fourth-order valence-electron chi connectivity index (χ4n) is 1.83. The van der Waals surface area contributed by atoms with Gasteiger partial charge in [0.05, 0.1) is 0 Å². The molecule has 0 bridgehead atoms. The summed E-state index contributed by atoms with van der Waals surface area (Å²) < 4.78 is 0. The van der Waals surface area contributed by atoms with Gasteiger partial charge >= 0.3 is 0 Å². The zero-order valence-electron chi connectivity index (χ0n) is 8.30. The van der Waals surface area contributed by atoms with Crippen LogP contribution < -0.4 is 0 Å². The molecule has 0 aromatic heterocycles. The summed E-state index contributed by atoms with van der Waals surface area (Å²) in [5.74, 6) is 1.83. The molecule has 1 aliphatic heterocycles. The fraction of sp³-hybridized carbons (Fsp3) is 1.00. The molecule has 0 radical (unpaired) electrons. The smallest absolute Gasteiger partial charge is 0.00387 e. The first-order valence-corrected chi connectivity index (χ1v) is 4.85. The highest BCUT2D eigenvalue weighted by Gasteiger charge is 2.25. The summed E-state index contributed by atoms with van der Waals surface area (Å²) in [4.78, 5) is 2.59. The van der Waals surface area contributed by atoms with Crippen molar-refractivity contribution in [2.45, 2.75) is 40.2 Å². The van der Waals surface area contributed by atoms with Crippen LogP contribution in [0.3, 0.4) is 0 Å². The van der Waals surface area contributed by atoms with E-state index in [1.54, 1.807) is 0 Å². The summed E-state index contributed by atoms with van der Waals surface area (Å²) in [5.41, 5.74) is 0. The summed E-state index contributed by atoms with van der Waals surface area (Å²) >= 11 is 0. The van der Waals surface area contributed by atoms with Crippen LogP contribution >= 0.6 is 0 Å². The topological polar surface area (TPSA) is 3.24 Å². The first kappa shape index (κ1) is 9.05. The van der Waals surface area contributed by atoms with Crippen LogP contribution in [0, 0.1) is 11.8 Å². The standard InChI is InChI=1S/C10H21N/c1-8(2)10-5-6-11(7-10)9(3)4/h8-10H,5-7H2,1-4H3/t10-/m0/s1. The molecule has 0 amide bonds. The molecule has 11 heavy (non-hydrogen) atoms. The van der Waals surface area contributed by atoms with Gasteiger partial charge in [0, 0.05) is 12.6 Å². The van der Waals surface area contributed by atoms with Crippen molar-refractivity contribution in [3.05, 3.63) is 0 Å². The van der Waals surface area contributed by atoms with Crippen LogP contribution in [0.25, 0.3) is 0 Å². The SMILES string of the molecule is CC(C)[C@H]1CCN(C(C)C)C1. The number of likely N-dealkylation sites (tertiary alicyclic amines) is 1. The Morgan fingerprint density at radius 3 is 2.09 bits per heavy atom. The highest BCUT2D eigenvalue weighted by molar-refractivity contribution is 4.79. The summed E-state index contributed by atoms with van der Waals surface area (Å²) in [6, 6.07) is 0.749. The Hall–Kier alpha value is -0.0400. The Balaban J connectivity index is 2.35. The Morgan fingerprint density at radius 2 is 1.82 bits per heavy atom. The van der Waals surface area contributed by atoms with Crippen LogP contribution in [0.4, 0.5) is 0 Å². The average Bonchev–Trinajstić information content (AvgIpc) is 2.33. The quantitative estimate of drug-likeness (QED) is 0.592. The molecule has 1 aliphatic rings. The van der Waals surface area contributed by atoms with Crippen LogP contribution in [0.2, 0.25) is 0 Å². The summed E-state index contributed by atoms with van der Waals surface area (Å²) in [7, 11) is 0. The Kier molecular flexibility index (Phi) is 2.94. The van der Waals surface area contributed by atoms with Crippen LogP contribution in [-0.2, 0) is 0 Å². The zero-order chi connectivity index (χ0) is 8.43. The van der Waals surface area contributed by atoms with Crippen LogP contribution in [0.5, 0.6) is 0 Å². The molecule has 0 spiro atoms. The van der Waals surface area contributed by atoms with Crippen molar-refractivity contribution < 1.29 is 0 Å². The molecule has 1 atom stereocenters. The monoisotopic (exact) mass is 155 g/mol. The lowest BCUT2D eigenvalue weighted by molar-refractivity contribution is 0.253. The van der Waals surface area contributed by atoms with Gasteiger partial charge in [0.15, 0.2) is 0 Å². The largest absolute Gasteiger partial charge is 0.301 e. The second kappa shape index (κ2) is 3.57. The van der Waals surface area contributed by atoms with Crippen molar-refractivity contribution in [1.82, 2.24) is 4.90 Å². The molecule has 1 heteroatoms. The lowest BCUT2D eigenvalue weighted by Gasteiger charge is -2.21. The molecule has 0 aromatic carbocycles. The minimum atomic E-state index is 0.749. The van der Waals surface area contributed by atoms with E-state index in [1.807, 2.05) is 0 Å². The number of nitrogens with zero attached hydrogens (tertiary/aromatic N) is 1. The number of hydrogen-bond donors (Lipinski definition) is 0. The van der Waals surface area contributed by atoms with Gasteiger partial charge in [-0.25, -0.2) is 0 Å². The first-order valence-electron chi connectivity index (χ1n) is 4.85. The second-order valence-electron chi connectivity index (χ2n) is 4.38. The third-order valence-corrected chi connectivity index (χ3v) is 2.93. The van der Waals surface area contributed by atoms with Gasteiger partial charge < -0.3 is 4.90 Å². The van der Waals surface area contributed by atoms with Crippen molar-refractivity contribution in [3.63, 3.8) is 0 Å². The predicted molar refractivity (Wildman–Crippen MR) is 49.7 cm³/mol. The van der Waals surface area contributed by atoms with Crippen LogP contribution in [-0.4, -0.2) is 24.0 Å². The van der Waals surface area contributed by atoms with E-state index >= 15 is 0 Å². The maximum Gasteiger partial charge on any atom is 0.00387 e. The molecule has 0 unspecified atom stereocenters. The van der Waals surface area contributed by atoms with E-state index in [0.717, 1.165) is 17.9 Å². The van der Waals surface area contributed by atoms with E-state index in [2.05, 4.69) is 32.6 Å². The van der Waals surface area contributed by atoms with E-state index in [1.165, 1.54) is 19.5 Å². The summed E-state index contributed by atoms with van der Waals surface area (Å²) in [6.07, 6.45) is 1.41. The molecule has 0 N–H and O–H groups in total. The van der Waals surface area contributed by atoms with Crippen LogP contribution in [0.15, 0.2) is 0 Å². The second-order valence-corrected chi connectivity index (χ2v) is 4.38. The molecular weight excluding hydrogens is 134 g/mol. The molecule has 66 valence electrons. The van der Waals surface area contributed by atoms with Crippen LogP contribution in [0.1, 0.15) is 34.1 Å². The van der Waals surface area contributed by atoms with Gasteiger partial charge in [0.1, 0.15) is 0 Å². The van der Waals surface area contributed by atoms with E-state index in [-0.39, 0.29) is 0 Å². The van der Waals surface area contributed by atoms with E-state index in [4.69, 9.17) is 0 Å².